The van der Waals surface area contributed by atoms with E-state index in [-0.39, 0.29) is 18.9 Å². The Kier molecular flexibility index (Phi) is 10.8. The molecule has 0 aromatic heterocycles. The third kappa shape index (κ3) is 8.33. The van der Waals surface area contributed by atoms with Crippen molar-refractivity contribution in [2.45, 2.75) is 25.9 Å². The van der Waals surface area contributed by atoms with Crippen LogP contribution in [0.1, 0.15) is 18.1 Å². The van der Waals surface area contributed by atoms with Gasteiger partial charge in [0.25, 0.3) is 0 Å². The van der Waals surface area contributed by atoms with Gasteiger partial charge in [0.05, 0.1) is 22.0 Å². The number of hydrogen-bond acceptors (Lipinski definition) is 4. The SMILES string of the molecule is CCNC(=O)C(Cc1ccccc1)N(Cc1ccc(Cl)c(Cl)c1)C(=O)CN(c1ccc(I)cc1)S(C)(=O)=O. The van der Waals surface area contributed by atoms with Crippen LogP contribution in [0.4, 0.5) is 5.69 Å². The first-order valence-corrected chi connectivity index (χ1v) is 15.5. The molecule has 0 aliphatic carbocycles. The van der Waals surface area contributed by atoms with Gasteiger partial charge in [-0.25, -0.2) is 8.42 Å². The lowest BCUT2D eigenvalue weighted by molar-refractivity contribution is -0.140. The average molecular weight is 688 g/mol. The molecule has 3 aromatic carbocycles. The van der Waals surface area contributed by atoms with Gasteiger partial charge in [0, 0.05) is 23.1 Å². The minimum absolute atomic E-state index is 0.0225. The van der Waals surface area contributed by atoms with Crippen LogP contribution < -0.4 is 9.62 Å². The molecule has 38 heavy (non-hydrogen) atoms. The van der Waals surface area contributed by atoms with Crippen LogP contribution >= 0.6 is 45.8 Å². The van der Waals surface area contributed by atoms with Crippen molar-refractivity contribution in [3.63, 3.8) is 0 Å². The van der Waals surface area contributed by atoms with Gasteiger partial charge in [-0.2, -0.15) is 0 Å². The molecule has 1 unspecified atom stereocenters. The number of anilines is 1. The summed E-state index contributed by atoms with van der Waals surface area (Å²) in [6.45, 7) is 1.71. The predicted molar refractivity (Wildman–Crippen MR) is 161 cm³/mol. The Bertz CT molecular complexity index is 1370. The number of halogens is 3. The largest absolute Gasteiger partial charge is 0.355 e. The molecule has 0 saturated carbocycles. The van der Waals surface area contributed by atoms with E-state index in [4.69, 9.17) is 23.2 Å². The topological polar surface area (TPSA) is 86.8 Å². The molecule has 7 nitrogen and oxygen atoms in total. The minimum atomic E-state index is -3.82. The molecular formula is C27H28Cl2IN3O4S. The standard InChI is InChI=1S/C27H28Cl2IN3O4S/c1-3-31-27(35)25(16-19-7-5-4-6-8-19)32(17-20-9-14-23(28)24(29)15-20)26(34)18-33(38(2,36)37)22-12-10-21(30)11-13-22/h4-15,25H,3,16-18H2,1-2H3,(H,31,35). The Hall–Kier alpha value is -2.34. The minimum Gasteiger partial charge on any atom is -0.355 e. The van der Waals surface area contributed by atoms with Crippen molar-refractivity contribution >= 4 is 73.3 Å². The van der Waals surface area contributed by atoms with Crippen molar-refractivity contribution in [3.8, 4) is 0 Å². The third-order valence-corrected chi connectivity index (χ3v) is 8.35. The molecular weight excluding hydrogens is 660 g/mol. The predicted octanol–water partition coefficient (Wildman–Crippen LogP) is 5.14. The Morgan fingerprint density at radius 3 is 2.18 bits per heavy atom. The third-order valence-electron chi connectivity index (χ3n) is 5.75. The summed E-state index contributed by atoms with van der Waals surface area (Å²) in [6.07, 6.45) is 1.29. The summed E-state index contributed by atoms with van der Waals surface area (Å²) in [5, 5.41) is 3.49. The summed E-state index contributed by atoms with van der Waals surface area (Å²) in [5.74, 6) is -0.878. The summed E-state index contributed by atoms with van der Waals surface area (Å²) >= 11 is 14.4. The Morgan fingerprint density at radius 2 is 1.61 bits per heavy atom. The fraction of sp³-hybridized carbons (Fsp3) is 0.259. The summed E-state index contributed by atoms with van der Waals surface area (Å²) in [5.41, 5.74) is 1.86. The van der Waals surface area contributed by atoms with Gasteiger partial charge in [-0.3, -0.25) is 13.9 Å². The highest BCUT2D eigenvalue weighted by Crippen LogP contribution is 2.25. The number of amides is 2. The maximum Gasteiger partial charge on any atom is 0.244 e. The van der Waals surface area contributed by atoms with Gasteiger partial charge < -0.3 is 10.2 Å². The number of carbonyl (C=O) groups excluding carboxylic acids is 2. The lowest BCUT2D eigenvalue weighted by atomic mass is 10.0. The van der Waals surface area contributed by atoms with Gasteiger partial charge in [0.2, 0.25) is 21.8 Å². The van der Waals surface area contributed by atoms with Crippen molar-refractivity contribution < 1.29 is 18.0 Å². The first kappa shape index (κ1) is 30.2. The van der Waals surface area contributed by atoms with Gasteiger partial charge in [0.1, 0.15) is 12.6 Å². The average Bonchev–Trinajstić information content (AvgIpc) is 2.87. The quantitative estimate of drug-likeness (QED) is 0.283. The van der Waals surface area contributed by atoms with E-state index in [0.29, 0.717) is 27.8 Å². The van der Waals surface area contributed by atoms with E-state index in [1.165, 1.54) is 4.90 Å². The summed E-state index contributed by atoms with van der Waals surface area (Å²) in [4.78, 5) is 28.6. The van der Waals surface area contributed by atoms with Crippen LogP contribution in [0.5, 0.6) is 0 Å². The smallest absolute Gasteiger partial charge is 0.244 e. The molecule has 0 bridgehead atoms. The summed E-state index contributed by atoms with van der Waals surface area (Å²) < 4.78 is 27.5. The Morgan fingerprint density at radius 1 is 0.947 bits per heavy atom. The number of nitrogens with one attached hydrogen (secondary N) is 1. The maximum atomic E-state index is 13.9. The normalized spacial score (nSPS) is 12.0. The summed E-state index contributed by atoms with van der Waals surface area (Å²) in [7, 11) is -3.82. The number of hydrogen-bond donors (Lipinski definition) is 1. The van der Waals surface area contributed by atoms with Crippen LogP contribution in [0.15, 0.2) is 72.8 Å². The molecule has 202 valence electrons. The lowest BCUT2D eigenvalue weighted by Gasteiger charge is -2.33. The van der Waals surface area contributed by atoms with Crippen LogP contribution in [0.3, 0.4) is 0 Å². The molecule has 1 N–H and O–H groups in total. The van der Waals surface area contributed by atoms with E-state index in [1.54, 1.807) is 49.4 Å². The molecule has 2 amide bonds. The molecule has 3 rings (SSSR count). The number of benzene rings is 3. The molecule has 0 aliphatic heterocycles. The van der Waals surface area contributed by atoms with Crippen LogP contribution in [-0.2, 0) is 32.6 Å². The molecule has 0 heterocycles. The maximum absolute atomic E-state index is 13.9. The van der Waals surface area contributed by atoms with Crippen LogP contribution in [0, 0.1) is 3.57 Å². The Balaban J connectivity index is 2.05. The summed E-state index contributed by atoms with van der Waals surface area (Å²) in [6, 6.07) is 20.2. The van der Waals surface area contributed by atoms with Gasteiger partial charge in [-0.05, 0) is 77.0 Å². The molecule has 0 saturated heterocycles. The highest BCUT2D eigenvalue weighted by atomic mass is 127. The molecule has 0 aliphatic rings. The van der Waals surface area contributed by atoms with Crippen molar-refractivity contribution in [1.82, 2.24) is 10.2 Å². The van der Waals surface area contributed by atoms with Crippen molar-refractivity contribution in [2.75, 3.05) is 23.7 Å². The first-order chi connectivity index (χ1) is 18.0. The van der Waals surface area contributed by atoms with Gasteiger partial charge in [0.15, 0.2) is 0 Å². The van der Waals surface area contributed by atoms with E-state index >= 15 is 0 Å². The van der Waals surface area contributed by atoms with Gasteiger partial charge in [-0.1, -0.05) is 59.6 Å². The molecule has 1 atom stereocenters. The van der Waals surface area contributed by atoms with E-state index in [0.717, 1.165) is 19.7 Å². The molecule has 0 radical (unpaired) electrons. The van der Waals surface area contributed by atoms with E-state index in [1.807, 2.05) is 30.3 Å². The highest BCUT2D eigenvalue weighted by molar-refractivity contribution is 14.1. The van der Waals surface area contributed by atoms with Crippen molar-refractivity contribution in [1.29, 1.82) is 0 Å². The van der Waals surface area contributed by atoms with Crippen LogP contribution in [0.2, 0.25) is 10.0 Å². The molecule has 11 heteroatoms. The molecule has 0 fully saturated rings. The van der Waals surface area contributed by atoms with Gasteiger partial charge in [-0.15, -0.1) is 0 Å². The number of carbonyl (C=O) groups is 2. The van der Waals surface area contributed by atoms with Crippen molar-refractivity contribution in [2.24, 2.45) is 0 Å². The first-order valence-electron chi connectivity index (χ1n) is 11.8. The molecule has 3 aromatic rings. The second kappa shape index (κ2) is 13.6. The zero-order valence-electron chi connectivity index (χ0n) is 20.9. The lowest BCUT2D eigenvalue weighted by Crippen LogP contribution is -2.53. The van der Waals surface area contributed by atoms with E-state index in [9.17, 15) is 18.0 Å². The van der Waals surface area contributed by atoms with Crippen LogP contribution in [0.25, 0.3) is 0 Å². The van der Waals surface area contributed by atoms with Gasteiger partial charge >= 0.3 is 0 Å². The monoisotopic (exact) mass is 687 g/mol. The number of nitrogens with zero attached hydrogens (tertiary/aromatic N) is 2. The fourth-order valence-corrected chi connectivity index (χ4v) is 5.43. The van der Waals surface area contributed by atoms with Crippen LogP contribution in [-0.4, -0.2) is 50.5 Å². The van der Waals surface area contributed by atoms with Crippen molar-refractivity contribution in [3.05, 3.63) is 97.5 Å². The Labute approximate surface area is 247 Å². The fourth-order valence-electron chi connectivity index (χ4n) is 3.90. The number of sulfonamides is 1. The number of likely N-dealkylation sites (N-methyl/N-ethyl adjacent to an activating group) is 1. The number of rotatable bonds is 11. The zero-order valence-corrected chi connectivity index (χ0v) is 25.4. The second-order valence-electron chi connectivity index (χ2n) is 8.62. The molecule has 0 spiro atoms. The second-order valence-corrected chi connectivity index (χ2v) is 12.6. The highest BCUT2D eigenvalue weighted by Gasteiger charge is 2.33. The van der Waals surface area contributed by atoms with E-state index < -0.39 is 28.5 Å². The van der Waals surface area contributed by atoms with E-state index in [2.05, 4.69) is 27.9 Å². The zero-order chi connectivity index (χ0) is 27.9.